The second-order valence-electron chi connectivity index (χ2n) is 7.05. The molecule has 0 saturated carbocycles. The highest BCUT2D eigenvalue weighted by Crippen LogP contribution is 2.24. The lowest BCUT2D eigenvalue weighted by molar-refractivity contribution is -0.122. The molecule has 0 saturated heterocycles. The molecule has 28 heavy (non-hydrogen) atoms. The molecule has 1 amide bonds. The van der Waals surface area contributed by atoms with Crippen molar-refractivity contribution in [2.45, 2.75) is 46.2 Å². The van der Waals surface area contributed by atoms with Crippen molar-refractivity contribution < 1.29 is 17.6 Å². The van der Waals surface area contributed by atoms with E-state index in [0.29, 0.717) is 0 Å². The number of hydrogen-bond donors (Lipinski definition) is 1. The normalized spacial score (nSPS) is 13.6. The molecule has 0 aliphatic heterocycles. The first-order valence-corrected chi connectivity index (χ1v) is 11.0. The van der Waals surface area contributed by atoms with E-state index in [2.05, 4.69) is 5.32 Å². The Morgan fingerprint density at radius 3 is 2.25 bits per heavy atom. The summed E-state index contributed by atoms with van der Waals surface area (Å²) in [6.07, 6.45) is 1.32. The largest absolute Gasteiger partial charge is 0.348 e. The predicted molar refractivity (Wildman–Crippen MR) is 110 cm³/mol. The molecule has 0 bridgehead atoms. The summed E-state index contributed by atoms with van der Waals surface area (Å²) in [5, 5.41) is 2.92. The van der Waals surface area contributed by atoms with Gasteiger partial charge in [0.1, 0.15) is 11.9 Å². The fourth-order valence-corrected chi connectivity index (χ4v) is 4.56. The number of hydrogen-bond acceptors (Lipinski definition) is 3. The standard InChI is InChI=1S/C21H27FN2O3S/c1-6-20(24(28(5,26)27)18-10-8-17(22)9-11-18)21(25)23-16(4)19-12-7-14(2)13-15(19)3/h7-13,16,20H,6H2,1-5H3,(H,23,25). The Morgan fingerprint density at radius 2 is 1.75 bits per heavy atom. The zero-order valence-corrected chi connectivity index (χ0v) is 17.7. The summed E-state index contributed by atoms with van der Waals surface area (Å²) in [7, 11) is -3.75. The van der Waals surface area contributed by atoms with Gasteiger partial charge < -0.3 is 5.32 Å². The Hall–Kier alpha value is -2.41. The minimum absolute atomic E-state index is 0.255. The van der Waals surface area contributed by atoms with Gasteiger partial charge >= 0.3 is 0 Å². The van der Waals surface area contributed by atoms with Crippen LogP contribution in [0.4, 0.5) is 10.1 Å². The summed E-state index contributed by atoms with van der Waals surface area (Å²) in [6.45, 7) is 7.59. The summed E-state index contributed by atoms with van der Waals surface area (Å²) < 4.78 is 39.2. The zero-order valence-electron chi connectivity index (χ0n) is 16.9. The maximum atomic E-state index is 13.3. The quantitative estimate of drug-likeness (QED) is 0.759. The Kier molecular flexibility index (Phi) is 6.82. The number of nitrogens with one attached hydrogen (secondary N) is 1. The van der Waals surface area contributed by atoms with Crippen LogP contribution in [0.5, 0.6) is 0 Å². The number of anilines is 1. The van der Waals surface area contributed by atoms with Crippen molar-refractivity contribution in [1.82, 2.24) is 5.32 Å². The van der Waals surface area contributed by atoms with Crippen LogP contribution >= 0.6 is 0 Å². The van der Waals surface area contributed by atoms with Gasteiger partial charge in [0.2, 0.25) is 15.9 Å². The fraction of sp³-hybridized carbons (Fsp3) is 0.381. The number of carbonyl (C=O) groups excluding carboxylic acids is 1. The highest BCUT2D eigenvalue weighted by Gasteiger charge is 2.32. The smallest absolute Gasteiger partial charge is 0.244 e. The molecule has 152 valence electrons. The predicted octanol–water partition coefficient (Wildman–Crippen LogP) is 3.86. The molecule has 7 heteroatoms. The number of sulfonamides is 1. The van der Waals surface area contributed by atoms with Crippen LogP contribution in [-0.2, 0) is 14.8 Å². The summed E-state index contributed by atoms with van der Waals surface area (Å²) in [5.41, 5.74) is 3.41. The van der Waals surface area contributed by atoms with E-state index in [-0.39, 0.29) is 18.2 Å². The third-order valence-electron chi connectivity index (χ3n) is 4.66. The van der Waals surface area contributed by atoms with E-state index in [4.69, 9.17) is 0 Å². The topological polar surface area (TPSA) is 66.5 Å². The number of aryl methyl sites for hydroxylation is 2. The maximum Gasteiger partial charge on any atom is 0.244 e. The number of nitrogens with zero attached hydrogens (tertiary/aromatic N) is 1. The van der Waals surface area contributed by atoms with Crippen LogP contribution in [-0.4, -0.2) is 26.6 Å². The van der Waals surface area contributed by atoms with E-state index >= 15 is 0 Å². The SMILES string of the molecule is CCC(C(=O)NC(C)c1ccc(C)cc1C)N(c1ccc(F)cc1)S(C)(=O)=O. The van der Waals surface area contributed by atoms with E-state index in [0.717, 1.165) is 27.3 Å². The van der Waals surface area contributed by atoms with E-state index in [9.17, 15) is 17.6 Å². The summed E-state index contributed by atoms with van der Waals surface area (Å²) >= 11 is 0. The van der Waals surface area contributed by atoms with Gasteiger partial charge in [0, 0.05) is 0 Å². The number of halogens is 1. The molecular formula is C21H27FN2O3S. The zero-order chi connectivity index (χ0) is 21.1. The third-order valence-corrected chi connectivity index (χ3v) is 5.84. The Morgan fingerprint density at radius 1 is 1.14 bits per heavy atom. The Bertz CT molecular complexity index is 943. The molecule has 2 rings (SSSR count). The minimum Gasteiger partial charge on any atom is -0.348 e. The summed E-state index contributed by atoms with van der Waals surface area (Å²) in [6, 6.07) is 9.84. The maximum absolute atomic E-state index is 13.3. The van der Waals surface area contributed by atoms with Gasteiger partial charge in [-0.1, -0.05) is 30.7 Å². The lowest BCUT2D eigenvalue weighted by Gasteiger charge is -2.31. The monoisotopic (exact) mass is 406 g/mol. The van der Waals surface area contributed by atoms with Gasteiger partial charge in [-0.15, -0.1) is 0 Å². The van der Waals surface area contributed by atoms with Crippen LogP contribution in [0.1, 0.15) is 43.0 Å². The lowest BCUT2D eigenvalue weighted by Crippen LogP contribution is -2.49. The van der Waals surface area contributed by atoms with Crippen molar-refractivity contribution in [2.24, 2.45) is 0 Å². The van der Waals surface area contributed by atoms with Gasteiger partial charge in [0.25, 0.3) is 0 Å². The second-order valence-corrected chi connectivity index (χ2v) is 8.91. The second kappa shape index (κ2) is 8.73. The molecule has 0 radical (unpaired) electrons. The van der Waals surface area contributed by atoms with Gasteiger partial charge in [-0.25, -0.2) is 12.8 Å². The molecule has 0 heterocycles. The number of amides is 1. The van der Waals surface area contributed by atoms with E-state index < -0.39 is 27.8 Å². The minimum atomic E-state index is -3.75. The van der Waals surface area contributed by atoms with Gasteiger partial charge in [-0.05, 0) is 62.6 Å². The van der Waals surface area contributed by atoms with Gasteiger partial charge in [-0.3, -0.25) is 9.10 Å². The first kappa shape index (κ1) is 21.9. The average molecular weight is 407 g/mol. The van der Waals surface area contributed by atoms with E-state index in [1.165, 1.54) is 24.3 Å². The Balaban J connectivity index is 2.32. The van der Waals surface area contributed by atoms with E-state index in [1.807, 2.05) is 39.0 Å². The number of rotatable bonds is 7. The van der Waals surface area contributed by atoms with Crippen LogP contribution in [0.15, 0.2) is 42.5 Å². The van der Waals surface area contributed by atoms with Crippen LogP contribution in [0.3, 0.4) is 0 Å². The highest BCUT2D eigenvalue weighted by molar-refractivity contribution is 7.92. The molecule has 0 aliphatic carbocycles. The van der Waals surface area contributed by atoms with Crippen molar-refractivity contribution in [3.05, 3.63) is 65.0 Å². The van der Waals surface area contributed by atoms with Gasteiger partial charge in [-0.2, -0.15) is 0 Å². The van der Waals surface area contributed by atoms with Crippen molar-refractivity contribution in [1.29, 1.82) is 0 Å². The lowest BCUT2D eigenvalue weighted by atomic mass is 10.00. The molecule has 0 spiro atoms. The van der Waals surface area contributed by atoms with Crippen molar-refractivity contribution >= 4 is 21.6 Å². The highest BCUT2D eigenvalue weighted by atomic mass is 32.2. The number of benzene rings is 2. The molecule has 2 atom stereocenters. The molecule has 0 fully saturated rings. The third kappa shape index (κ3) is 5.10. The van der Waals surface area contributed by atoms with Crippen LogP contribution < -0.4 is 9.62 Å². The van der Waals surface area contributed by atoms with Gasteiger partial charge in [0.05, 0.1) is 18.0 Å². The Labute approximate surface area is 166 Å². The molecule has 2 aromatic rings. The first-order chi connectivity index (χ1) is 13.0. The molecule has 2 unspecified atom stereocenters. The molecule has 0 aromatic heterocycles. The van der Waals surface area contributed by atoms with Gasteiger partial charge in [0.15, 0.2) is 0 Å². The van der Waals surface area contributed by atoms with Crippen LogP contribution in [0.25, 0.3) is 0 Å². The number of carbonyl (C=O) groups is 1. The summed E-state index contributed by atoms with van der Waals surface area (Å²) in [4.78, 5) is 13.0. The molecule has 0 aliphatic rings. The molecule has 2 aromatic carbocycles. The van der Waals surface area contributed by atoms with Crippen molar-refractivity contribution in [3.63, 3.8) is 0 Å². The first-order valence-electron chi connectivity index (χ1n) is 9.17. The van der Waals surface area contributed by atoms with Crippen molar-refractivity contribution in [3.8, 4) is 0 Å². The molecular weight excluding hydrogens is 379 g/mol. The van der Waals surface area contributed by atoms with Crippen LogP contribution in [0.2, 0.25) is 0 Å². The van der Waals surface area contributed by atoms with Crippen molar-refractivity contribution in [2.75, 3.05) is 10.6 Å². The fourth-order valence-electron chi connectivity index (χ4n) is 3.35. The summed E-state index contributed by atoms with van der Waals surface area (Å²) in [5.74, 6) is -0.872. The molecule has 1 N–H and O–H groups in total. The van der Waals surface area contributed by atoms with Crippen LogP contribution in [0, 0.1) is 19.7 Å². The van der Waals surface area contributed by atoms with E-state index in [1.54, 1.807) is 6.92 Å². The average Bonchev–Trinajstić information content (AvgIpc) is 2.59. The molecule has 5 nitrogen and oxygen atoms in total.